The lowest BCUT2D eigenvalue weighted by Gasteiger charge is -1.93. The zero-order valence-electron chi connectivity index (χ0n) is 5.70. The summed E-state index contributed by atoms with van der Waals surface area (Å²) >= 11 is 0. The van der Waals surface area contributed by atoms with Crippen molar-refractivity contribution in [1.82, 2.24) is 9.97 Å². The molecular weight excluding hydrogens is 126 g/mol. The fourth-order valence-electron chi connectivity index (χ4n) is 0.719. The second kappa shape index (κ2) is 2.92. The Bertz CT molecular complexity index is 262. The van der Waals surface area contributed by atoms with Crippen molar-refractivity contribution in [3.05, 3.63) is 23.8 Å². The Labute approximate surface area is 59.4 Å². The van der Waals surface area contributed by atoms with Crippen LogP contribution in [0.5, 0.6) is 0 Å². The van der Waals surface area contributed by atoms with Gasteiger partial charge in [-0.05, 0) is 6.42 Å². The predicted molar refractivity (Wildman–Crippen MR) is 36.1 cm³/mol. The highest BCUT2D eigenvalue weighted by atomic mass is 14.8. The summed E-state index contributed by atoms with van der Waals surface area (Å²) in [5.74, 6) is 0. The van der Waals surface area contributed by atoms with Crippen molar-refractivity contribution < 1.29 is 0 Å². The zero-order chi connectivity index (χ0) is 7.40. The van der Waals surface area contributed by atoms with E-state index in [9.17, 15) is 0 Å². The Morgan fingerprint density at radius 2 is 2.20 bits per heavy atom. The van der Waals surface area contributed by atoms with E-state index in [1.807, 2.05) is 13.0 Å². The van der Waals surface area contributed by atoms with Crippen LogP contribution in [0.2, 0.25) is 0 Å². The van der Waals surface area contributed by atoms with Crippen molar-refractivity contribution in [3.63, 3.8) is 0 Å². The minimum absolute atomic E-state index is 0.435. The lowest BCUT2D eigenvalue weighted by atomic mass is 10.3. The van der Waals surface area contributed by atoms with Crippen LogP contribution in [0.3, 0.4) is 0 Å². The average Bonchev–Trinajstić information content (AvgIpc) is 2.04. The summed E-state index contributed by atoms with van der Waals surface area (Å²) in [6.45, 7) is 1.95. The molecule has 1 heterocycles. The van der Waals surface area contributed by atoms with Crippen molar-refractivity contribution in [2.45, 2.75) is 13.3 Å². The van der Waals surface area contributed by atoms with Gasteiger partial charge < -0.3 is 0 Å². The molecule has 0 spiro atoms. The molecule has 3 nitrogen and oxygen atoms in total. The third-order valence-corrected chi connectivity index (χ3v) is 1.21. The molecule has 3 heteroatoms. The van der Waals surface area contributed by atoms with E-state index in [-0.39, 0.29) is 0 Å². The molecular formula is C7H7N3. The molecule has 0 aliphatic carbocycles. The SMILES string of the molecule is CCc1nccnc1C#N. The molecule has 0 aliphatic heterocycles. The van der Waals surface area contributed by atoms with Crippen molar-refractivity contribution in [2.24, 2.45) is 0 Å². The van der Waals surface area contributed by atoms with E-state index in [2.05, 4.69) is 9.97 Å². The van der Waals surface area contributed by atoms with E-state index in [0.29, 0.717) is 5.69 Å². The third-order valence-electron chi connectivity index (χ3n) is 1.21. The van der Waals surface area contributed by atoms with Gasteiger partial charge >= 0.3 is 0 Å². The van der Waals surface area contributed by atoms with Crippen LogP contribution in [0.1, 0.15) is 18.3 Å². The summed E-state index contributed by atoms with van der Waals surface area (Å²) in [5, 5.41) is 8.50. The normalized spacial score (nSPS) is 8.80. The first kappa shape index (κ1) is 6.69. The van der Waals surface area contributed by atoms with Gasteiger partial charge in [0, 0.05) is 12.4 Å². The molecule has 1 rings (SSSR count). The molecule has 0 aromatic carbocycles. The van der Waals surface area contributed by atoms with Crippen LogP contribution in [0.25, 0.3) is 0 Å². The van der Waals surface area contributed by atoms with E-state index >= 15 is 0 Å². The van der Waals surface area contributed by atoms with Gasteiger partial charge in [-0.15, -0.1) is 0 Å². The fourth-order valence-corrected chi connectivity index (χ4v) is 0.719. The fraction of sp³-hybridized carbons (Fsp3) is 0.286. The second-order valence-corrected chi connectivity index (χ2v) is 1.82. The maximum absolute atomic E-state index is 8.50. The molecule has 10 heavy (non-hydrogen) atoms. The largest absolute Gasteiger partial charge is 0.257 e. The molecule has 1 aromatic heterocycles. The van der Waals surface area contributed by atoms with E-state index in [1.165, 1.54) is 6.20 Å². The molecule has 0 radical (unpaired) electrons. The predicted octanol–water partition coefficient (Wildman–Crippen LogP) is 0.911. The van der Waals surface area contributed by atoms with E-state index in [4.69, 9.17) is 5.26 Å². The monoisotopic (exact) mass is 133 g/mol. The highest BCUT2D eigenvalue weighted by Gasteiger charge is 1.98. The van der Waals surface area contributed by atoms with Crippen LogP contribution in [0, 0.1) is 11.3 Å². The number of hydrogen-bond acceptors (Lipinski definition) is 3. The minimum Gasteiger partial charge on any atom is -0.257 e. The number of rotatable bonds is 1. The summed E-state index contributed by atoms with van der Waals surface area (Å²) in [6.07, 6.45) is 3.88. The van der Waals surface area contributed by atoms with Crippen LogP contribution in [-0.4, -0.2) is 9.97 Å². The minimum atomic E-state index is 0.435. The quantitative estimate of drug-likeness (QED) is 0.572. The Kier molecular flexibility index (Phi) is 1.96. The number of hydrogen-bond donors (Lipinski definition) is 0. The third kappa shape index (κ3) is 1.11. The van der Waals surface area contributed by atoms with Crippen LogP contribution in [0.15, 0.2) is 12.4 Å². The Hall–Kier alpha value is -1.43. The maximum Gasteiger partial charge on any atom is 0.161 e. The van der Waals surface area contributed by atoms with Crippen molar-refractivity contribution in [1.29, 1.82) is 5.26 Å². The van der Waals surface area contributed by atoms with Gasteiger partial charge in [0.15, 0.2) is 5.69 Å². The maximum atomic E-state index is 8.50. The molecule has 0 atom stereocenters. The van der Waals surface area contributed by atoms with Gasteiger partial charge in [-0.25, -0.2) is 4.98 Å². The smallest absolute Gasteiger partial charge is 0.161 e. The van der Waals surface area contributed by atoms with Gasteiger partial charge in [0.1, 0.15) is 6.07 Å². The summed E-state index contributed by atoms with van der Waals surface area (Å²) in [6, 6.07) is 1.97. The van der Waals surface area contributed by atoms with Gasteiger partial charge in [0.2, 0.25) is 0 Å². The van der Waals surface area contributed by atoms with Crippen molar-refractivity contribution in [3.8, 4) is 6.07 Å². The van der Waals surface area contributed by atoms with Crippen molar-refractivity contribution >= 4 is 0 Å². The van der Waals surface area contributed by atoms with Crippen molar-refractivity contribution in [2.75, 3.05) is 0 Å². The van der Waals surface area contributed by atoms with Crippen LogP contribution in [-0.2, 0) is 6.42 Å². The van der Waals surface area contributed by atoms with E-state index in [1.54, 1.807) is 6.20 Å². The Morgan fingerprint density at radius 3 is 2.70 bits per heavy atom. The topological polar surface area (TPSA) is 49.6 Å². The molecule has 0 bridgehead atoms. The highest BCUT2D eigenvalue weighted by molar-refractivity contribution is 5.24. The highest BCUT2D eigenvalue weighted by Crippen LogP contribution is 1.98. The molecule has 0 unspecified atom stereocenters. The average molecular weight is 133 g/mol. The number of nitriles is 1. The number of nitrogens with zero attached hydrogens (tertiary/aromatic N) is 3. The lowest BCUT2D eigenvalue weighted by Crippen LogP contribution is -1.93. The molecule has 1 aromatic rings. The first-order valence-electron chi connectivity index (χ1n) is 3.08. The molecule has 0 saturated heterocycles. The van der Waals surface area contributed by atoms with E-state index in [0.717, 1.165) is 12.1 Å². The van der Waals surface area contributed by atoms with Gasteiger partial charge in [0.05, 0.1) is 5.69 Å². The van der Waals surface area contributed by atoms with Gasteiger partial charge in [0.25, 0.3) is 0 Å². The van der Waals surface area contributed by atoms with Crippen LogP contribution in [0.4, 0.5) is 0 Å². The molecule has 50 valence electrons. The Balaban J connectivity index is 3.12. The molecule has 0 amide bonds. The van der Waals surface area contributed by atoms with Gasteiger partial charge in [-0.2, -0.15) is 5.26 Å². The van der Waals surface area contributed by atoms with Gasteiger partial charge in [-0.3, -0.25) is 4.98 Å². The standard InChI is InChI=1S/C7H7N3/c1-2-6-7(5-8)10-4-3-9-6/h3-4H,2H2,1H3. The zero-order valence-corrected chi connectivity index (χ0v) is 5.70. The summed E-state index contributed by atoms with van der Waals surface area (Å²) in [7, 11) is 0. The van der Waals surface area contributed by atoms with Gasteiger partial charge in [-0.1, -0.05) is 6.92 Å². The lowest BCUT2D eigenvalue weighted by molar-refractivity contribution is 0.982. The van der Waals surface area contributed by atoms with Crippen LogP contribution >= 0.6 is 0 Å². The molecule has 0 fully saturated rings. The Morgan fingerprint density at radius 1 is 1.50 bits per heavy atom. The molecule has 0 saturated carbocycles. The number of aromatic nitrogens is 2. The van der Waals surface area contributed by atoms with Crippen LogP contribution < -0.4 is 0 Å². The summed E-state index contributed by atoms with van der Waals surface area (Å²) < 4.78 is 0. The summed E-state index contributed by atoms with van der Waals surface area (Å²) in [4.78, 5) is 7.83. The molecule has 0 aliphatic rings. The number of aryl methyl sites for hydroxylation is 1. The molecule has 0 N–H and O–H groups in total. The second-order valence-electron chi connectivity index (χ2n) is 1.82. The van der Waals surface area contributed by atoms with E-state index < -0.39 is 0 Å². The first-order chi connectivity index (χ1) is 4.88. The first-order valence-corrected chi connectivity index (χ1v) is 3.08. The summed E-state index contributed by atoms with van der Waals surface area (Å²) in [5.41, 5.74) is 1.20.